The zero-order valence-corrected chi connectivity index (χ0v) is 10.6. The molecular weight excluding hydrogens is 202 g/mol. The molecule has 0 heterocycles. The van der Waals surface area contributed by atoms with Crippen molar-refractivity contribution in [2.24, 2.45) is 5.92 Å². The van der Waals surface area contributed by atoms with Gasteiger partial charge in [-0.15, -0.1) is 6.58 Å². The van der Waals surface area contributed by atoms with Gasteiger partial charge in [0.2, 0.25) is 0 Å². The minimum atomic E-state index is -0.304. The summed E-state index contributed by atoms with van der Waals surface area (Å²) in [4.78, 5) is 11.6. The summed E-state index contributed by atoms with van der Waals surface area (Å²) in [6.45, 7) is 9.64. The Balaban J connectivity index is 2.36. The molecule has 0 saturated heterocycles. The molecule has 1 rings (SSSR count). The van der Waals surface area contributed by atoms with E-state index in [0.29, 0.717) is 5.92 Å². The van der Waals surface area contributed by atoms with Crippen molar-refractivity contribution in [3.05, 3.63) is 12.7 Å². The third-order valence-corrected chi connectivity index (χ3v) is 2.75. The molecule has 1 fully saturated rings. The molecule has 1 amide bonds. The quantitative estimate of drug-likeness (QED) is 0.732. The number of rotatable bonds is 2. The van der Waals surface area contributed by atoms with E-state index in [0.717, 1.165) is 19.3 Å². The number of hydrogen-bond acceptors (Lipinski definition) is 2. The first-order valence-corrected chi connectivity index (χ1v) is 6.02. The van der Waals surface area contributed by atoms with Gasteiger partial charge in [-0.05, 0) is 52.4 Å². The molecule has 2 atom stereocenters. The van der Waals surface area contributed by atoms with Crippen LogP contribution in [0.1, 0.15) is 46.5 Å². The zero-order valence-electron chi connectivity index (χ0n) is 10.6. The van der Waals surface area contributed by atoms with E-state index >= 15 is 0 Å². The molecule has 1 saturated carbocycles. The minimum Gasteiger partial charge on any atom is -0.446 e. The largest absolute Gasteiger partial charge is 0.446 e. The Morgan fingerprint density at radius 2 is 2.12 bits per heavy atom. The first-order chi connectivity index (χ1) is 7.40. The molecule has 1 N–H and O–H groups in total. The van der Waals surface area contributed by atoms with Crippen LogP contribution in [0.2, 0.25) is 0 Å². The van der Waals surface area contributed by atoms with Gasteiger partial charge < -0.3 is 10.1 Å². The average Bonchev–Trinajstić information content (AvgIpc) is 2.15. The highest BCUT2D eigenvalue weighted by Gasteiger charge is 2.24. The summed E-state index contributed by atoms with van der Waals surface area (Å²) in [5.74, 6) is 0.501. The maximum Gasteiger partial charge on any atom is 0.407 e. The lowest BCUT2D eigenvalue weighted by Gasteiger charge is -2.28. The number of hydrogen-bond donors (Lipinski definition) is 1. The second-order valence-corrected chi connectivity index (χ2v) is 5.56. The van der Waals surface area contributed by atoms with Crippen molar-refractivity contribution in [1.82, 2.24) is 5.32 Å². The summed E-state index contributed by atoms with van der Waals surface area (Å²) in [5.41, 5.74) is -0.233. The average molecular weight is 225 g/mol. The van der Waals surface area contributed by atoms with Crippen molar-refractivity contribution < 1.29 is 9.53 Å². The van der Waals surface area contributed by atoms with Crippen molar-refractivity contribution in [2.45, 2.75) is 58.1 Å². The van der Waals surface area contributed by atoms with Gasteiger partial charge in [0.15, 0.2) is 0 Å². The number of allylic oxidation sites excluding steroid dienone is 1. The molecule has 0 aromatic rings. The number of alkyl carbamates (subject to hydrolysis) is 1. The van der Waals surface area contributed by atoms with Gasteiger partial charge in [0.05, 0.1) is 0 Å². The Morgan fingerprint density at radius 3 is 2.69 bits per heavy atom. The Bertz CT molecular complexity index is 255. The van der Waals surface area contributed by atoms with E-state index in [2.05, 4.69) is 11.9 Å². The van der Waals surface area contributed by atoms with E-state index in [1.54, 1.807) is 0 Å². The summed E-state index contributed by atoms with van der Waals surface area (Å²) >= 11 is 0. The van der Waals surface area contributed by atoms with E-state index < -0.39 is 0 Å². The predicted octanol–water partition coefficient (Wildman–Crippen LogP) is 3.26. The highest BCUT2D eigenvalue weighted by atomic mass is 16.6. The van der Waals surface area contributed by atoms with Gasteiger partial charge >= 0.3 is 6.09 Å². The van der Waals surface area contributed by atoms with Gasteiger partial charge in [-0.2, -0.15) is 0 Å². The molecule has 16 heavy (non-hydrogen) atoms. The van der Waals surface area contributed by atoms with Gasteiger partial charge in [0.25, 0.3) is 0 Å². The maximum absolute atomic E-state index is 11.6. The molecule has 1 aliphatic carbocycles. The van der Waals surface area contributed by atoms with Crippen LogP contribution < -0.4 is 5.32 Å². The van der Waals surface area contributed by atoms with Crippen molar-refractivity contribution in [3.63, 3.8) is 0 Å². The third kappa shape index (κ3) is 4.69. The molecule has 3 heteroatoms. The Hall–Kier alpha value is -0.990. The number of carbonyl (C=O) groups is 1. The molecule has 0 radical (unpaired) electrons. The predicted molar refractivity (Wildman–Crippen MR) is 65.3 cm³/mol. The molecular formula is C13H23NO2. The van der Waals surface area contributed by atoms with Gasteiger partial charge in [-0.25, -0.2) is 4.79 Å². The van der Waals surface area contributed by atoms with Crippen molar-refractivity contribution in [1.29, 1.82) is 0 Å². The number of amides is 1. The SMILES string of the molecule is C=CC1CCCC(OC(=O)NC(C)(C)C)C1. The second-order valence-electron chi connectivity index (χ2n) is 5.56. The van der Waals surface area contributed by atoms with E-state index in [1.165, 1.54) is 6.42 Å². The van der Waals surface area contributed by atoms with Gasteiger partial charge in [0, 0.05) is 5.54 Å². The molecule has 0 aromatic carbocycles. The van der Waals surface area contributed by atoms with Crippen LogP contribution in [0.3, 0.4) is 0 Å². The fourth-order valence-corrected chi connectivity index (χ4v) is 1.99. The molecule has 92 valence electrons. The Labute approximate surface area is 98.2 Å². The number of carbonyl (C=O) groups excluding carboxylic acids is 1. The fourth-order valence-electron chi connectivity index (χ4n) is 1.99. The smallest absolute Gasteiger partial charge is 0.407 e. The molecule has 1 aliphatic rings. The van der Waals surface area contributed by atoms with Crippen LogP contribution in [-0.2, 0) is 4.74 Å². The summed E-state index contributed by atoms with van der Waals surface area (Å²) in [6, 6.07) is 0. The first kappa shape index (κ1) is 13.1. The molecule has 0 bridgehead atoms. The van der Waals surface area contributed by atoms with E-state index in [-0.39, 0.29) is 17.7 Å². The highest BCUT2D eigenvalue weighted by Crippen LogP contribution is 2.27. The monoisotopic (exact) mass is 225 g/mol. The Kier molecular flexibility index (Phi) is 4.39. The van der Waals surface area contributed by atoms with E-state index in [4.69, 9.17) is 4.74 Å². The first-order valence-electron chi connectivity index (χ1n) is 6.02. The molecule has 3 nitrogen and oxygen atoms in total. The zero-order chi connectivity index (χ0) is 12.2. The van der Waals surface area contributed by atoms with Crippen LogP contribution in [0.5, 0.6) is 0 Å². The van der Waals surface area contributed by atoms with Crippen LogP contribution >= 0.6 is 0 Å². The van der Waals surface area contributed by atoms with Crippen LogP contribution in [0, 0.1) is 5.92 Å². The lowest BCUT2D eigenvalue weighted by molar-refractivity contribution is 0.0616. The van der Waals surface area contributed by atoms with Crippen LogP contribution in [0.15, 0.2) is 12.7 Å². The van der Waals surface area contributed by atoms with Crippen molar-refractivity contribution in [3.8, 4) is 0 Å². The molecule has 0 aliphatic heterocycles. The molecule has 0 spiro atoms. The normalized spacial score (nSPS) is 25.9. The van der Waals surface area contributed by atoms with Crippen molar-refractivity contribution in [2.75, 3.05) is 0 Å². The number of nitrogens with one attached hydrogen (secondary N) is 1. The standard InChI is InChI=1S/C13H23NO2/c1-5-10-7-6-8-11(9-10)16-12(15)14-13(2,3)4/h5,10-11H,1,6-9H2,2-4H3,(H,14,15). The molecule has 0 aromatic heterocycles. The lowest BCUT2D eigenvalue weighted by atomic mass is 9.87. The summed E-state index contributed by atoms with van der Waals surface area (Å²) in [7, 11) is 0. The topological polar surface area (TPSA) is 38.3 Å². The summed E-state index contributed by atoms with van der Waals surface area (Å²) in [6.07, 6.45) is 5.90. The number of ether oxygens (including phenoxy) is 1. The van der Waals surface area contributed by atoms with Gasteiger partial charge in [-0.3, -0.25) is 0 Å². The maximum atomic E-state index is 11.6. The van der Waals surface area contributed by atoms with Crippen LogP contribution in [0.4, 0.5) is 4.79 Å². The lowest BCUT2D eigenvalue weighted by Crippen LogP contribution is -2.42. The van der Waals surface area contributed by atoms with E-state index in [1.807, 2.05) is 26.8 Å². The Morgan fingerprint density at radius 1 is 1.44 bits per heavy atom. The highest BCUT2D eigenvalue weighted by molar-refractivity contribution is 5.68. The van der Waals surface area contributed by atoms with E-state index in [9.17, 15) is 4.79 Å². The van der Waals surface area contributed by atoms with Crippen LogP contribution in [0.25, 0.3) is 0 Å². The fraction of sp³-hybridized carbons (Fsp3) is 0.769. The third-order valence-electron chi connectivity index (χ3n) is 2.75. The summed E-state index contributed by atoms with van der Waals surface area (Å²) < 4.78 is 5.40. The van der Waals surface area contributed by atoms with Gasteiger partial charge in [-0.1, -0.05) is 6.08 Å². The van der Waals surface area contributed by atoms with Gasteiger partial charge in [0.1, 0.15) is 6.10 Å². The minimum absolute atomic E-state index is 0.0547. The molecule has 2 unspecified atom stereocenters. The van der Waals surface area contributed by atoms with Crippen LogP contribution in [-0.4, -0.2) is 17.7 Å². The summed E-state index contributed by atoms with van der Waals surface area (Å²) in [5, 5.41) is 2.81. The second kappa shape index (κ2) is 5.37. The van der Waals surface area contributed by atoms with Crippen molar-refractivity contribution >= 4 is 6.09 Å².